The number of nitrogens with one attached hydrogen (secondary N) is 1. The number of carbonyl (C=O) groups excluding carboxylic acids is 1. The van der Waals surface area contributed by atoms with Gasteiger partial charge in [0.15, 0.2) is 0 Å². The molecular weight excluding hydrogens is 459 g/mol. The summed E-state index contributed by atoms with van der Waals surface area (Å²) in [7, 11) is 0. The first kappa shape index (κ1) is 23.0. The van der Waals surface area contributed by atoms with Crippen molar-refractivity contribution < 1.29 is 32.9 Å². The molecule has 0 saturated carbocycles. The molecule has 7 nitrogen and oxygen atoms in total. The van der Waals surface area contributed by atoms with E-state index in [0.717, 1.165) is 22.6 Å². The van der Waals surface area contributed by atoms with E-state index in [1.165, 1.54) is 29.7 Å². The zero-order valence-corrected chi connectivity index (χ0v) is 18.0. The number of benzene rings is 1. The molecule has 3 aromatic rings. The van der Waals surface area contributed by atoms with Crippen LogP contribution in [-0.4, -0.2) is 46.7 Å². The number of nitrogens with zero attached hydrogens (tertiary/aromatic N) is 2. The number of carbonyl (C=O) groups is 1. The molecule has 1 unspecified atom stereocenters. The van der Waals surface area contributed by atoms with Crippen molar-refractivity contribution in [1.82, 2.24) is 4.98 Å². The molecule has 0 bridgehead atoms. The Morgan fingerprint density at radius 1 is 1.27 bits per heavy atom. The monoisotopic (exact) mass is 479 g/mol. The molecule has 1 fully saturated rings. The standard InChI is InChI=1S/C22H20F3N3O4S/c23-22(24,25)32-17-3-1-15(2-4-17)27-21(31)13-8-19(14-7-18(11-29)33-12-14)20(26-9-13)28-6-5-16(30)10-28/h1-4,7-9,12,16,29-30H,5-6,10-11H2,(H,27,31). The molecule has 0 spiro atoms. The number of rotatable bonds is 6. The van der Waals surface area contributed by atoms with Crippen molar-refractivity contribution in [2.45, 2.75) is 25.5 Å². The van der Waals surface area contributed by atoms with Gasteiger partial charge in [0, 0.05) is 35.4 Å². The van der Waals surface area contributed by atoms with Crippen molar-refractivity contribution in [3.63, 3.8) is 0 Å². The SMILES string of the molecule is O=C(Nc1ccc(OC(F)(F)F)cc1)c1cnc(N2CCC(O)C2)c(-c2csc(CO)c2)c1. The maximum atomic E-state index is 12.8. The Kier molecular flexibility index (Phi) is 6.54. The van der Waals surface area contributed by atoms with E-state index >= 15 is 0 Å². The molecule has 2 aromatic heterocycles. The molecule has 174 valence electrons. The predicted octanol–water partition coefficient (Wildman–Crippen LogP) is 4.02. The fourth-order valence-corrected chi connectivity index (χ4v) is 4.27. The van der Waals surface area contributed by atoms with Crippen LogP contribution >= 0.6 is 11.3 Å². The maximum absolute atomic E-state index is 12.8. The lowest BCUT2D eigenvalue weighted by atomic mass is 10.1. The lowest BCUT2D eigenvalue weighted by Crippen LogP contribution is -2.23. The van der Waals surface area contributed by atoms with Gasteiger partial charge in [-0.05, 0) is 53.8 Å². The maximum Gasteiger partial charge on any atom is 0.573 e. The minimum absolute atomic E-state index is 0.107. The molecule has 1 aliphatic rings. The first-order chi connectivity index (χ1) is 15.7. The largest absolute Gasteiger partial charge is 0.573 e. The van der Waals surface area contributed by atoms with Crippen molar-refractivity contribution in [3.8, 4) is 16.9 Å². The highest BCUT2D eigenvalue weighted by Gasteiger charge is 2.31. The summed E-state index contributed by atoms with van der Waals surface area (Å²) in [5, 5.41) is 23.8. The smallest absolute Gasteiger partial charge is 0.406 e. The van der Waals surface area contributed by atoms with E-state index < -0.39 is 24.1 Å². The van der Waals surface area contributed by atoms with Crippen molar-refractivity contribution in [3.05, 3.63) is 58.4 Å². The van der Waals surface area contributed by atoms with Crippen LogP contribution in [0.3, 0.4) is 0 Å². The van der Waals surface area contributed by atoms with Gasteiger partial charge in [-0.15, -0.1) is 24.5 Å². The average molecular weight is 479 g/mol. The summed E-state index contributed by atoms with van der Waals surface area (Å²) in [6.07, 6.45) is -3.22. The molecule has 1 aliphatic heterocycles. The second kappa shape index (κ2) is 9.38. The molecule has 33 heavy (non-hydrogen) atoms. The number of β-amino-alcohol motifs (C(OH)–C–C–N with tert-alkyl or cyclic N) is 1. The number of aliphatic hydroxyl groups is 2. The molecule has 3 N–H and O–H groups in total. The minimum Gasteiger partial charge on any atom is -0.406 e. The van der Waals surface area contributed by atoms with Gasteiger partial charge in [0.25, 0.3) is 5.91 Å². The van der Waals surface area contributed by atoms with Crippen molar-refractivity contribution >= 4 is 28.7 Å². The second-order valence-electron chi connectivity index (χ2n) is 7.47. The summed E-state index contributed by atoms with van der Waals surface area (Å²) < 4.78 is 40.8. The molecular formula is C22H20F3N3O4S. The average Bonchev–Trinajstić information content (AvgIpc) is 3.42. The summed E-state index contributed by atoms with van der Waals surface area (Å²) >= 11 is 1.38. The molecule has 1 aromatic carbocycles. The first-order valence-corrected chi connectivity index (χ1v) is 10.9. The van der Waals surface area contributed by atoms with Crippen molar-refractivity contribution in [1.29, 1.82) is 0 Å². The Balaban J connectivity index is 1.58. The van der Waals surface area contributed by atoms with Crippen LogP contribution in [0.5, 0.6) is 5.75 Å². The topological polar surface area (TPSA) is 94.9 Å². The van der Waals surface area contributed by atoms with E-state index in [2.05, 4.69) is 15.0 Å². The number of aliphatic hydroxyl groups excluding tert-OH is 2. The fraction of sp³-hybridized carbons (Fsp3) is 0.273. The lowest BCUT2D eigenvalue weighted by molar-refractivity contribution is -0.274. The summed E-state index contributed by atoms with van der Waals surface area (Å²) in [6.45, 7) is 0.939. The third kappa shape index (κ3) is 5.62. The van der Waals surface area contributed by atoms with Crippen LogP contribution < -0.4 is 15.0 Å². The van der Waals surface area contributed by atoms with Gasteiger partial charge in [0.1, 0.15) is 11.6 Å². The Morgan fingerprint density at radius 2 is 2.03 bits per heavy atom. The number of alkyl halides is 3. The highest BCUT2D eigenvalue weighted by molar-refractivity contribution is 7.10. The number of amides is 1. The fourth-order valence-electron chi connectivity index (χ4n) is 3.53. The normalized spacial score (nSPS) is 16.2. The Labute approximate surface area is 191 Å². The van der Waals surface area contributed by atoms with E-state index in [-0.39, 0.29) is 12.2 Å². The van der Waals surface area contributed by atoms with E-state index in [4.69, 9.17) is 0 Å². The summed E-state index contributed by atoms with van der Waals surface area (Å²) in [4.78, 5) is 20.0. The van der Waals surface area contributed by atoms with Crippen LogP contribution in [0.1, 0.15) is 21.7 Å². The van der Waals surface area contributed by atoms with Crippen LogP contribution in [0, 0.1) is 0 Å². The number of hydrogen-bond acceptors (Lipinski definition) is 7. The number of halogens is 3. The number of pyridine rings is 1. The van der Waals surface area contributed by atoms with Crippen LogP contribution in [0.4, 0.5) is 24.7 Å². The van der Waals surface area contributed by atoms with Gasteiger partial charge in [-0.1, -0.05) is 0 Å². The van der Waals surface area contributed by atoms with Crippen molar-refractivity contribution in [2.75, 3.05) is 23.3 Å². The van der Waals surface area contributed by atoms with Gasteiger partial charge >= 0.3 is 6.36 Å². The molecule has 0 aliphatic carbocycles. The molecule has 1 saturated heterocycles. The van der Waals surface area contributed by atoms with E-state index in [0.29, 0.717) is 36.6 Å². The molecule has 0 radical (unpaired) electrons. The van der Waals surface area contributed by atoms with Gasteiger partial charge in [0.2, 0.25) is 0 Å². The van der Waals surface area contributed by atoms with Crippen LogP contribution in [0.15, 0.2) is 48.0 Å². The molecule has 4 rings (SSSR count). The number of ether oxygens (including phenoxy) is 1. The second-order valence-corrected chi connectivity index (χ2v) is 8.47. The van der Waals surface area contributed by atoms with Crippen LogP contribution in [-0.2, 0) is 6.61 Å². The van der Waals surface area contributed by atoms with Gasteiger partial charge in [-0.25, -0.2) is 4.98 Å². The zero-order valence-electron chi connectivity index (χ0n) is 17.2. The summed E-state index contributed by atoms with van der Waals surface area (Å²) in [6, 6.07) is 8.32. The van der Waals surface area contributed by atoms with Crippen molar-refractivity contribution in [2.24, 2.45) is 0 Å². The number of anilines is 2. The Hall–Kier alpha value is -3.15. The van der Waals surface area contributed by atoms with Gasteiger partial charge < -0.3 is 25.2 Å². The van der Waals surface area contributed by atoms with E-state index in [9.17, 15) is 28.2 Å². The van der Waals surface area contributed by atoms with E-state index in [1.54, 1.807) is 6.07 Å². The quantitative estimate of drug-likeness (QED) is 0.494. The Bertz CT molecular complexity index is 1130. The number of aromatic nitrogens is 1. The summed E-state index contributed by atoms with van der Waals surface area (Å²) in [5.74, 6) is -0.253. The van der Waals surface area contributed by atoms with Crippen LogP contribution in [0.2, 0.25) is 0 Å². The third-order valence-corrected chi connectivity index (χ3v) is 5.98. The molecule has 1 amide bonds. The third-order valence-electron chi connectivity index (χ3n) is 5.06. The first-order valence-electron chi connectivity index (χ1n) is 10.0. The molecule has 11 heteroatoms. The van der Waals surface area contributed by atoms with Gasteiger partial charge in [0.05, 0.1) is 18.3 Å². The Morgan fingerprint density at radius 3 is 2.64 bits per heavy atom. The predicted molar refractivity (Wildman–Crippen MR) is 117 cm³/mol. The number of hydrogen-bond donors (Lipinski definition) is 3. The zero-order chi connectivity index (χ0) is 23.6. The van der Waals surface area contributed by atoms with E-state index in [1.807, 2.05) is 16.3 Å². The number of thiophene rings is 1. The highest BCUT2D eigenvalue weighted by Crippen LogP contribution is 2.35. The molecule has 3 heterocycles. The highest BCUT2D eigenvalue weighted by atomic mass is 32.1. The van der Waals surface area contributed by atoms with Crippen LogP contribution in [0.25, 0.3) is 11.1 Å². The van der Waals surface area contributed by atoms with Gasteiger partial charge in [-0.3, -0.25) is 4.79 Å². The minimum atomic E-state index is -4.79. The van der Waals surface area contributed by atoms with Gasteiger partial charge in [-0.2, -0.15) is 0 Å². The molecule has 1 atom stereocenters. The summed E-state index contributed by atoms with van der Waals surface area (Å²) in [5.41, 5.74) is 2.01. The lowest BCUT2D eigenvalue weighted by Gasteiger charge is -2.20.